The summed E-state index contributed by atoms with van der Waals surface area (Å²) in [6.07, 6.45) is 3.31. The summed E-state index contributed by atoms with van der Waals surface area (Å²) in [7, 11) is 1.55. The number of amides is 2. The summed E-state index contributed by atoms with van der Waals surface area (Å²) in [6.45, 7) is 0.220. The Morgan fingerprint density at radius 1 is 1.50 bits per heavy atom. The lowest BCUT2D eigenvalue weighted by Crippen LogP contribution is -2.22. The Balaban J connectivity index is 2.18. The monoisotopic (exact) mass is 248 g/mol. The highest BCUT2D eigenvalue weighted by Crippen LogP contribution is 2.30. The van der Waals surface area contributed by atoms with Gasteiger partial charge in [-0.15, -0.1) is 0 Å². The van der Waals surface area contributed by atoms with Gasteiger partial charge in [-0.1, -0.05) is 0 Å². The second-order valence-electron chi connectivity index (χ2n) is 4.27. The Hall–Kier alpha value is -1.95. The summed E-state index contributed by atoms with van der Waals surface area (Å²) in [5, 5.41) is 5.25. The van der Waals surface area contributed by atoms with Crippen molar-refractivity contribution in [2.45, 2.75) is 19.4 Å². The molecule has 2 rings (SSSR count). The smallest absolute Gasteiger partial charge is 0.252 e. The van der Waals surface area contributed by atoms with Gasteiger partial charge in [-0.3, -0.25) is 9.59 Å². The molecule has 0 aromatic carbocycles. The lowest BCUT2D eigenvalue weighted by atomic mass is 10.1. The molecule has 2 amide bonds. The molecule has 4 N–H and O–H groups in total. The second kappa shape index (κ2) is 5.14. The van der Waals surface area contributed by atoms with E-state index in [0.29, 0.717) is 16.9 Å². The first-order valence-corrected chi connectivity index (χ1v) is 5.87. The Bertz CT molecular complexity index is 483. The predicted octanol–water partition coefficient (Wildman–Crippen LogP) is 0.248. The molecule has 1 heterocycles. The Labute approximate surface area is 105 Å². The summed E-state index contributed by atoms with van der Waals surface area (Å²) in [5.41, 5.74) is 6.69. The highest BCUT2D eigenvalue weighted by Gasteiger charge is 2.29. The van der Waals surface area contributed by atoms with Gasteiger partial charge in [0.05, 0.1) is 5.56 Å². The summed E-state index contributed by atoms with van der Waals surface area (Å²) in [6, 6.07) is 1.64. The molecule has 0 saturated heterocycles. The molecule has 1 aromatic heterocycles. The molecule has 1 aromatic rings. The van der Waals surface area contributed by atoms with Crippen LogP contribution in [0.4, 0.5) is 5.82 Å². The standard InChI is InChI=1S/C12H16N4O2/c1-14-12(18)9-6-15-10(4-8(9)5-13)16-11(17)7-2-3-7/h4,6-7H,2-3,5,13H2,1H3,(H,14,18)(H,15,16,17). The van der Waals surface area contributed by atoms with E-state index in [1.54, 1.807) is 13.1 Å². The van der Waals surface area contributed by atoms with E-state index in [4.69, 9.17) is 5.73 Å². The average molecular weight is 248 g/mol. The van der Waals surface area contributed by atoms with Crippen molar-refractivity contribution in [1.29, 1.82) is 0 Å². The highest BCUT2D eigenvalue weighted by molar-refractivity contribution is 5.96. The predicted molar refractivity (Wildman–Crippen MR) is 66.9 cm³/mol. The minimum Gasteiger partial charge on any atom is -0.355 e. The molecule has 0 unspecified atom stereocenters. The first kappa shape index (κ1) is 12.5. The number of rotatable bonds is 4. The first-order chi connectivity index (χ1) is 8.65. The molecular weight excluding hydrogens is 232 g/mol. The Morgan fingerprint density at radius 2 is 2.22 bits per heavy atom. The van der Waals surface area contributed by atoms with E-state index >= 15 is 0 Å². The van der Waals surface area contributed by atoms with Crippen molar-refractivity contribution in [1.82, 2.24) is 10.3 Å². The van der Waals surface area contributed by atoms with Crippen LogP contribution in [0.3, 0.4) is 0 Å². The number of hydrogen-bond acceptors (Lipinski definition) is 4. The summed E-state index contributed by atoms with van der Waals surface area (Å²) in [4.78, 5) is 27.2. The topological polar surface area (TPSA) is 97.1 Å². The van der Waals surface area contributed by atoms with Gasteiger partial charge in [0, 0.05) is 25.7 Å². The first-order valence-electron chi connectivity index (χ1n) is 5.87. The molecule has 0 atom stereocenters. The van der Waals surface area contributed by atoms with Crippen molar-refractivity contribution < 1.29 is 9.59 Å². The van der Waals surface area contributed by atoms with Gasteiger partial charge in [-0.25, -0.2) is 4.98 Å². The minimum absolute atomic E-state index is 0.0156. The number of carbonyl (C=O) groups is 2. The Kier molecular flexibility index (Phi) is 3.57. The molecule has 18 heavy (non-hydrogen) atoms. The van der Waals surface area contributed by atoms with Gasteiger partial charge in [0.1, 0.15) is 5.82 Å². The maximum Gasteiger partial charge on any atom is 0.252 e. The second-order valence-corrected chi connectivity index (χ2v) is 4.27. The van der Waals surface area contributed by atoms with Gasteiger partial charge in [-0.05, 0) is 24.5 Å². The van der Waals surface area contributed by atoms with Crippen LogP contribution in [-0.2, 0) is 11.3 Å². The maximum absolute atomic E-state index is 11.6. The van der Waals surface area contributed by atoms with E-state index in [2.05, 4.69) is 15.6 Å². The zero-order chi connectivity index (χ0) is 13.1. The summed E-state index contributed by atoms with van der Waals surface area (Å²) < 4.78 is 0. The third-order valence-corrected chi connectivity index (χ3v) is 2.88. The van der Waals surface area contributed by atoms with Crippen LogP contribution in [0, 0.1) is 5.92 Å². The maximum atomic E-state index is 11.6. The zero-order valence-electron chi connectivity index (χ0n) is 10.2. The van der Waals surface area contributed by atoms with E-state index in [1.165, 1.54) is 6.20 Å². The normalized spacial score (nSPS) is 14.1. The lowest BCUT2D eigenvalue weighted by Gasteiger charge is -2.09. The Morgan fingerprint density at radius 3 is 2.78 bits per heavy atom. The fourth-order valence-corrected chi connectivity index (χ4v) is 1.65. The van der Waals surface area contributed by atoms with Crippen LogP contribution >= 0.6 is 0 Å². The van der Waals surface area contributed by atoms with Crippen molar-refractivity contribution in [2.75, 3.05) is 12.4 Å². The number of nitrogens with zero attached hydrogens (tertiary/aromatic N) is 1. The molecule has 1 fully saturated rings. The molecule has 0 bridgehead atoms. The van der Waals surface area contributed by atoms with E-state index in [0.717, 1.165) is 12.8 Å². The molecule has 6 heteroatoms. The SMILES string of the molecule is CNC(=O)c1cnc(NC(=O)C2CC2)cc1CN. The number of hydrogen-bond donors (Lipinski definition) is 3. The molecule has 1 saturated carbocycles. The number of carbonyl (C=O) groups excluding carboxylic acids is 2. The summed E-state index contributed by atoms with van der Waals surface area (Å²) in [5.74, 6) is 0.313. The average Bonchev–Trinajstić information content (AvgIpc) is 3.22. The van der Waals surface area contributed by atoms with Gasteiger partial charge in [-0.2, -0.15) is 0 Å². The van der Waals surface area contributed by atoms with Crippen LogP contribution in [0.25, 0.3) is 0 Å². The number of pyridine rings is 1. The van der Waals surface area contributed by atoms with Crippen LogP contribution in [0.15, 0.2) is 12.3 Å². The van der Waals surface area contributed by atoms with Crippen molar-refractivity contribution in [3.8, 4) is 0 Å². The third-order valence-electron chi connectivity index (χ3n) is 2.88. The molecule has 96 valence electrons. The molecule has 0 spiro atoms. The highest BCUT2D eigenvalue weighted by atomic mass is 16.2. The number of nitrogens with one attached hydrogen (secondary N) is 2. The summed E-state index contributed by atoms with van der Waals surface area (Å²) >= 11 is 0. The van der Waals surface area contributed by atoms with Gasteiger partial charge in [0.15, 0.2) is 0 Å². The molecule has 0 aliphatic heterocycles. The van der Waals surface area contributed by atoms with Gasteiger partial charge >= 0.3 is 0 Å². The minimum atomic E-state index is -0.233. The largest absolute Gasteiger partial charge is 0.355 e. The number of anilines is 1. The quantitative estimate of drug-likeness (QED) is 0.711. The van der Waals surface area contributed by atoms with E-state index < -0.39 is 0 Å². The number of aromatic nitrogens is 1. The van der Waals surface area contributed by atoms with Crippen molar-refractivity contribution in [3.05, 3.63) is 23.4 Å². The lowest BCUT2D eigenvalue weighted by molar-refractivity contribution is -0.117. The van der Waals surface area contributed by atoms with Gasteiger partial charge in [0.25, 0.3) is 5.91 Å². The molecular formula is C12H16N4O2. The van der Waals surface area contributed by atoms with Crippen LogP contribution < -0.4 is 16.4 Å². The fraction of sp³-hybridized carbons (Fsp3) is 0.417. The van der Waals surface area contributed by atoms with Crippen LogP contribution in [-0.4, -0.2) is 23.8 Å². The van der Waals surface area contributed by atoms with Crippen LogP contribution in [0.1, 0.15) is 28.8 Å². The van der Waals surface area contributed by atoms with E-state index in [9.17, 15) is 9.59 Å². The number of nitrogens with two attached hydrogens (primary N) is 1. The molecule has 6 nitrogen and oxygen atoms in total. The zero-order valence-corrected chi connectivity index (χ0v) is 10.2. The van der Waals surface area contributed by atoms with Gasteiger partial charge in [0.2, 0.25) is 5.91 Å². The van der Waals surface area contributed by atoms with E-state index in [1.807, 2.05) is 0 Å². The molecule has 1 aliphatic rings. The van der Waals surface area contributed by atoms with Crippen LogP contribution in [0.5, 0.6) is 0 Å². The van der Waals surface area contributed by atoms with Crippen LogP contribution in [0.2, 0.25) is 0 Å². The molecule has 1 aliphatic carbocycles. The fourth-order valence-electron chi connectivity index (χ4n) is 1.65. The third kappa shape index (κ3) is 2.65. The molecule has 0 radical (unpaired) electrons. The van der Waals surface area contributed by atoms with Gasteiger partial charge < -0.3 is 16.4 Å². The van der Waals surface area contributed by atoms with Crippen molar-refractivity contribution >= 4 is 17.6 Å². The van der Waals surface area contributed by atoms with Crippen molar-refractivity contribution in [2.24, 2.45) is 11.7 Å². The van der Waals surface area contributed by atoms with Crippen molar-refractivity contribution in [3.63, 3.8) is 0 Å². The van der Waals surface area contributed by atoms with E-state index in [-0.39, 0.29) is 24.3 Å².